The van der Waals surface area contributed by atoms with Gasteiger partial charge in [-0.2, -0.15) is 0 Å². The highest BCUT2D eigenvalue weighted by Gasteiger charge is 2.15. The molecule has 0 saturated carbocycles. The summed E-state index contributed by atoms with van der Waals surface area (Å²) in [6.45, 7) is 6.19. The van der Waals surface area contributed by atoms with Crippen LogP contribution in [-0.2, 0) is 11.3 Å². The average molecular weight is 425 g/mol. The van der Waals surface area contributed by atoms with Crippen molar-refractivity contribution in [3.63, 3.8) is 0 Å². The van der Waals surface area contributed by atoms with Gasteiger partial charge < -0.3 is 15.4 Å². The van der Waals surface area contributed by atoms with E-state index in [0.29, 0.717) is 39.5 Å². The van der Waals surface area contributed by atoms with Crippen LogP contribution < -0.4 is 0 Å². The predicted molar refractivity (Wildman–Crippen MR) is 115 cm³/mol. The molecule has 28 heavy (non-hydrogen) atoms. The maximum absolute atomic E-state index is 7.64. The Morgan fingerprint density at radius 3 is 2.61 bits per heavy atom. The number of aliphatic hydroxyl groups is 1. The van der Waals surface area contributed by atoms with Crippen LogP contribution in [0.4, 0.5) is 0 Å². The molecule has 0 aliphatic carbocycles. The number of hydrogen-bond donors (Lipinski definition) is 2. The van der Waals surface area contributed by atoms with Crippen LogP contribution >= 0.6 is 23.2 Å². The zero-order valence-electron chi connectivity index (χ0n) is 16.5. The number of nitrogens with zero attached hydrogens (tertiary/aromatic N) is 3. The van der Waals surface area contributed by atoms with Crippen LogP contribution in [-0.4, -0.2) is 40.2 Å². The highest BCUT2D eigenvalue weighted by Crippen LogP contribution is 2.21. The average Bonchev–Trinajstić information content (AvgIpc) is 2.67. The van der Waals surface area contributed by atoms with Crippen molar-refractivity contribution in [3.05, 3.63) is 57.6 Å². The van der Waals surface area contributed by atoms with E-state index in [4.69, 9.17) is 38.6 Å². The van der Waals surface area contributed by atoms with Gasteiger partial charge in [-0.25, -0.2) is 0 Å². The minimum absolute atomic E-state index is 0.107. The number of pyridine rings is 2. The van der Waals surface area contributed by atoms with Gasteiger partial charge in [0.05, 0.1) is 21.5 Å². The molecule has 0 amide bonds. The Morgan fingerprint density at radius 1 is 1.29 bits per heavy atom. The Morgan fingerprint density at radius 2 is 2.00 bits per heavy atom. The van der Waals surface area contributed by atoms with Crippen LogP contribution in [0.25, 0.3) is 0 Å². The van der Waals surface area contributed by atoms with Gasteiger partial charge in [0.1, 0.15) is 18.0 Å². The van der Waals surface area contributed by atoms with E-state index in [-0.39, 0.29) is 5.92 Å². The second-order valence-electron chi connectivity index (χ2n) is 6.19. The third kappa shape index (κ3) is 7.54. The zero-order chi connectivity index (χ0) is 21.1. The van der Waals surface area contributed by atoms with Crippen molar-refractivity contribution in [1.29, 1.82) is 5.41 Å². The van der Waals surface area contributed by atoms with Crippen molar-refractivity contribution in [2.45, 2.75) is 33.6 Å². The molecule has 0 atom stereocenters. The molecule has 2 aromatic rings. The van der Waals surface area contributed by atoms with E-state index in [1.807, 2.05) is 32.0 Å². The Kier molecular flexibility index (Phi) is 10.7. The van der Waals surface area contributed by atoms with E-state index in [0.717, 1.165) is 25.6 Å². The Balaban J connectivity index is 0.00000190. The topological polar surface area (TPSA) is 91.5 Å². The smallest absolute Gasteiger partial charge is 0.117 e. The molecule has 0 fully saturated rings. The molecule has 0 aliphatic rings. The third-order valence-electron chi connectivity index (χ3n) is 3.62. The number of aromatic nitrogens is 2. The van der Waals surface area contributed by atoms with Crippen LogP contribution in [0.2, 0.25) is 10.0 Å². The summed E-state index contributed by atoms with van der Waals surface area (Å²) in [4.78, 5) is 14.2. The Labute approximate surface area is 176 Å². The molecule has 0 aliphatic heterocycles. The van der Waals surface area contributed by atoms with Gasteiger partial charge in [0.2, 0.25) is 0 Å². The summed E-state index contributed by atoms with van der Waals surface area (Å²) in [7, 11) is 1.00. The fourth-order valence-corrected chi connectivity index (χ4v) is 2.76. The van der Waals surface area contributed by atoms with E-state index < -0.39 is 0 Å². The third-order valence-corrected chi connectivity index (χ3v) is 4.11. The van der Waals surface area contributed by atoms with E-state index in [9.17, 15) is 0 Å². The number of halogens is 2. The lowest BCUT2D eigenvalue weighted by Gasteiger charge is -2.11. The van der Waals surface area contributed by atoms with Gasteiger partial charge in [-0.15, -0.1) is 0 Å². The maximum Gasteiger partial charge on any atom is 0.117 e. The quantitative estimate of drug-likeness (QED) is 0.361. The summed E-state index contributed by atoms with van der Waals surface area (Å²) in [5.74, 6) is 0.107. The molecule has 0 unspecified atom stereocenters. The van der Waals surface area contributed by atoms with Crippen molar-refractivity contribution in [3.8, 4) is 0 Å². The first-order valence-corrected chi connectivity index (χ1v) is 9.61. The molecule has 2 rings (SSSR count). The van der Waals surface area contributed by atoms with E-state index in [1.165, 1.54) is 0 Å². The minimum Gasteiger partial charge on any atom is -0.400 e. The fourth-order valence-electron chi connectivity index (χ4n) is 2.29. The lowest BCUT2D eigenvalue weighted by molar-refractivity contribution is 0.140. The van der Waals surface area contributed by atoms with E-state index in [2.05, 4.69) is 15.1 Å². The number of nitrogens with one attached hydrogen (secondary N) is 1. The number of aliphatic hydroxyl groups excluding tert-OH is 1. The van der Waals surface area contributed by atoms with Crippen LogP contribution in [0.1, 0.15) is 44.3 Å². The highest BCUT2D eigenvalue weighted by atomic mass is 35.5. The maximum atomic E-state index is 7.64. The van der Waals surface area contributed by atoms with Gasteiger partial charge >= 0.3 is 0 Å². The molecule has 0 spiro atoms. The van der Waals surface area contributed by atoms with Gasteiger partial charge in [-0.3, -0.25) is 9.97 Å². The Hall–Kier alpha value is -2.02. The first-order valence-electron chi connectivity index (χ1n) is 8.86. The standard InChI is InChI=1S/C19H22Cl2N4O.CH4O/c1-12(2)18(19-16(21)10-14(20)11-23-19)25-26-9-5-7-15-6-4-8-17(24-15)13(3)22;1-2/h4,6,8,10-12,22H,5,7,9H2,1-3H3;2H,1H3/b22-13?,25-18+;. The summed E-state index contributed by atoms with van der Waals surface area (Å²) in [6, 6.07) is 7.35. The van der Waals surface area contributed by atoms with Crippen LogP contribution in [0, 0.1) is 11.3 Å². The summed E-state index contributed by atoms with van der Waals surface area (Å²) < 4.78 is 0. The molecule has 0 bridgehead atoms. The summed E-state index contributed by atoms with van der Waals surface area (Å²) in [5, 5.41) is 19.8. The lowest BCUT2D eigenvalue weighted by atomic mass is 10.0. The summed E-state index contributed by atoms with van der Waals surface area (Å²) in [5.41, 5.74) is 3.37. The van der Waals surface area contributed by atoms with Crippen LogP contribution in [0.15, 0.2) is 35.6 Å². The zero-order valence-corrected chi connectivity index (χ0v) is 18.1. The molecule has 2 N–H and O–H groups in total. The molecule has 152 valence electrons. The number of oxime groups is 1. The van der Waals surface area contributed by atoms with E-state index in [1.54, 1.807) is 19.2 Å². The first-order chi connectivity index (χ1) is 13.4. The number of aryl methyl sites for hydroxylation is 1. The fraction of sp³-hybridized carbons (Fsp3) is 0.400. The summed E-state index contributed by atoms with van der Waals surface area (Å²) in [6.07, 6.45) is 3.07. The monoisotopic (exact) mass is 424 g/mol. The van der Waals surface area contributed by atoms with E-state index >= 15 is 0 Å². The molecule has 6 nitrogen and oxygen atoms in total. The summed E-state index contributed by atoms with van der Waals surface area (Å²) >= 11 is 12.1. The number of hydrogen-bond acceptors (Lipinski definition) is 6. The van der Waals surface area contributed by atoms with Gasteiger partial charge in [0, 0.05) is 24.9 Å². The van der Waals surface area contributed by atoms with Crippen molar-refractivity contribution < 1.29 is 9.94 Å². The SMILES string of the molecule is CC(=N)c1cccc(CCCO/N=C(/c2ncc(Cl)cc2Cl)C(C)C)n1.CO. The van der Waals surface area contributed by atoms with Gasteiger partial charge in [-0.05, 0) is 38.0 Å². The molecule has 2 heterocycles. The molecule has 0 radical (unpaired) electrons. The molecule has 2 aromatic heterocycles. The molecular formula is C20H26Cl2N4O2. The van der Waals surface area contributed by atoms with Crippen LogP contribution in [0.5, 0.6) is 0 Å². The van der Waals surface area contributed by atoms with Crippen molar-refractivity contribution in [2.24, 2.45) is 11.1 Å². The minimum atomic E-state index is 0.107. The number of rotatable bonds is 8. The largest absolute Gasteiger partial charge is 0.400 e. The van der Waals surface area contributed by atoms with Crippen molar-refractivity contribution in [2.75, 3.05) is 13.7 Å². The highest BCUT2D eigenvalue weighted by molar-refractivity contribution is 6.36. The van der Waals surface area contributed by atoms with Gasteiger partial charge in [0.25, 0.3) is 0 Å². The molecule has 0 saturated heterocycles. The second kappa shape index (κ2) is 12.4. The molecule has 0 aromatic carbocycles. The lowest BCUT2D eigenvalue weighted by Crippen LogP contribution is -2.13. The van der Waals surface area contributed by atoms with Crippen LogP contribution in [0.3, 0.4) is 0 Å². The van der Waals surface area contributed by atoms with Crippen molar-refractivity contribution >= 4 is 34.6 Å². The first kappa shape index (κ1) is 24.0. The molecular weight excluding hydrogens is 399 g/mol. The van der Waals surface area contributed by atoms with Crippen molar-refractivity contribution in [1.82, 2.24) is 9.97 Å². The second-order valence-corrected chi connectivity index (χ2v) is 7.03. The molecule has 8 heteroatoms. The van der Waals surface area contributed by atoms with Gasteiger partial charge in [0.15, 0.2) is 0 Å². The normalized spacial score (nSPS) is 11.1. The predicted octanol–water partition coefficient (Wildman–Crippen LogP) is 4.79. The Bertz CT molecular complexity index is 811. The van der Waals surface area contributed by atoms with Gasteiger partial charge in [-0.1, -0.05) is 48.3 Å².